The van der Waals surface area contributed by atoms with E-state index < -0.39 is 21.4 Å². The average Bonchev–Trinajstić information content (AvgIpc) is 3.38. The van der Waals surface area contributed by atoms with Gasteiger partial charge in [-0.2, -0.15) is 26.6 Å². The molecular weight excluding hydrogens is 489 g/mol. The highest BCUT2D eigenvalue weighted by atomic mass is 35.5. The number of ether oxygens (including phenoxy) is 1. The Labute approximate surface area is 190 Å². The first kappa shape index (κ1) is 22.9. The fourth-order valence-electron chi connectivity index (χ4n) is 2.90. The lowest BCUT2D eigenvalue weighted by Gasteiger charge is -2.11. The van der Waals surface area contributed by atoms with Crippen LogP contribution in [0.25, 0.3) is 33.8 Å². The Hall–Kier alpha value is -3.25. The van der Waals surface area contributed by atoms with E-state index in [9.17, 15) is 21.6 Å². The van der Waals surface area contributed by atoms with Crippen LogP contribution in [0.5, 0.6) is 11.5 Å². The third-order valence-corrected chi connectivity index (χ3v) is 5.53. The van der Waals surface area contributed by atoms with Crippen LogP contribution >= 0.6 is 11.6 Å². The topological polar surface area (TPSA) is 105 Å². The fourth-order valence-corrected chi connectivity index (χ4v) is 3.58. The number of alkyl halides is 3. The van der Waals surface area contributed by atoms with Gasteiger partial charge in [0.05, 0.1) is 17.4 Å². The molecule has 0 saturated carbocycles. The lowest BCUT2D eigenvalue weighted by atomic mass is 10.1. The van der Waals surface area contributed by atoms with Crippen LogP contribution in [0.2, 0.25) is 5.02 Å². The predicted octanol–water partition coefficient (Wildman–Crippen LogP) is 5.82. The number of benzene rings is 2. The zero-order valence-electron chi connectivity index (χ0n) is 16.9. The van der Waals surface area contributed by atoms with E-state index >= 15 is 0 Å². The molecule has 0 amide bonds. The molecule has 174 valence electrons. The first-order chi connectivity index (χ1) is 15.5. The molecule has 4 aromatic rings. The van der Waals surface area contributed by atoms with Crippen molar-refractivity contribution in [1.29, 1.82) is 0 Å². The maximum atomic E-state index is 12.7. The molecule has 0 aliphatic carbocycles. The molecule has 4 rings (SSSR count). The zero-order chi connectivity index (χ0) is 24.0. The molecule has 0 fully saturated rings. The number of fused-ring (bicyclic) bond motifs is 1. The molecule has 0 radical (unpaired) electrons. The first-order valence-electron chi connectivity index (χ1n) is 9.28. The quantitative estimate of drug-likeness (QED) is 0.240. The summed E-state index contributed by atoms with van der Waals surface area (Å²) in [5.74, 6) is 0.0619. The van der Waals surface area contributed by atoms with Crippen LogP contribution in [0.4, 0.5) is 13.2 Å². The van der Waals surface area contributed by atoms with Gasteiger partial charge in [-0.3, -0.25) is 0 Å². The van der Waals surface area contributed by atoms with E-state index in [4.69, 9.17) is 25.3 Å². The van der Waals surface area contributed by atoms with E-state index in [1.54, 1.807) is 18.2 Å². The fraction of sp³-hybridized carbons (Fsp3) is 0.200. The summed E-state index contributed by atoms with van der Waals surface area (Å²) in [6.45, 7) is 3.72. The number of rotatable bonds is 6. The predicted molar refractivity (Wildman–Crippen MR) is 111 cm³/mol. The van der Waals surface area contributed by atoms with Gasteiger partial charge >= 0.3 is 15.6 Å². The van der Waals surface area contributed by atoms with Crippen molar-refractivity contribution >= 4 is 32.7 Å². The summed E-state index contributed by atoms with van der Waals surface area (Å²) in [5.41, 5.74) is -5.00. The Morgan fingerprint density at radius 2 is 1.82 bits per heavy atom. The molecule has 0 saturated heterocycles. The van der Waals surface area contributed by atoms with Gasteiger partial charge in [0.15, 0.2) is 11.3 Å². The highest BCUT2D eigenvalue weighted by Crippen LogP contribution is 2.38. The monoisotopic (exact) mass is 502 g/mol. The average molecular weight is 503 g/mol. The Morgan fingerprint density at radius 1 is 1.09 bits per heavy atom. The number of hydrogen-bond acceptors (Lipinski definition) is 8. The zero-order valence-corrected chi connectivity index (χ0v) is 18.5. The SMILES string of the molecule is CC(C)Oc1ccc(-c2nc(-c3ccc(OS(=O)(=O)C(F)(F)F)c4occc34)no2)cc1Cl. The van der Waals surface area contributed by atoms with Crippen LogP contribution in [0.1, 0.15) is 13.8 Å². The molecule has 0 N–H and O–H groups in total. The normalized spacial score (nSPS) is 12.5. The van der Waals surface area contributed by atoms with E-state index in [0.717, 1.165) is 12.3 Å². The Morgan fingerprint density at radius 3 is 2.48 bits per heavy atom. The third kappa shape index (κ3) is 4.48. The summed E-state index contributed by atoms with van der Waals surface area (Å²) < 4.78 is 81.0. The molecule has 2 heterocycles. The Balaban J connectivity index is 1.68. The summed E-state index contributed by atoms with van der Waals surface area (Å²) in [6.07, 6.45) is 1.09. The highest BCUT2D eigenvalue weighted by Gasteiger charge is 2.49. The second kappa shape index (κ2) is 8.27. The minimum absolute atomic E-state index is 0.0706. The number of hydrogen-bond donors (Lipinski definition) is 0. The summed E-state index contributed by atoms with van der Waals surface area (Å²) in [5, 5.41) is 4.45. The van der Waals surface area contributed by atoms with Gasteiger partial charge in [-0.25, -0.2) is 0 Å². The largest absolute Gasteiger partial charge is 0.534 e. The van der Waals surface area contributed by atoms with Crippen LogP contribution in [0, 0.1) is 0 Å². The smallest absolute Gasteiger partial charge is 0.489 e. The molecule has 8 nitrogen and oxygen atoms in total. The second-order valence-electron chi connectivity index (χ2n) is 6.99. The maximum absolute atomic E-state index is 12.7. The van der Waals surface area contributed by atoms with E-state index in [1.165, 1.54) is 12.1 Å². The van der Waals surface area contributed by atoms with Crippen molar-refractivity contribution in [3.8, 4) is 34.3 Å². The summed E-state index contributed by atoms with van der Waals surface area (Å²) in [6, 6.07) is 8.62. The molecule has 2 aromatic carbocycles. The Kier molecular flexibility index (Phi) is 5.74. The van der Waals surface area contributed by atoms with Gasteiger partial charge in [0, 0.05) is 16.5 Å². The molecule has 0 bridgehead atoms. The summed E-state index contributed by atoms with van der Waals surface area (Å²) >= 11 is 6.24. The van der Waals surface area contributed by atoms with Crippen LogP contribution in [0.3, 0.4) is 0 Å². The van der Waals surface area contributed by atoms with Gasteiger partial charge in [0.2, 0.25) is 5.82 Å². The van der Waals surface area contributed by atoms with Crippen LogP contribution < -0.4 is 8.92 Å². The molecule has 2 aromatic heterocycles. The molecule has 0 aliphatic heterocycles. The van der Waals surface area contributed by atoms with E-state index in [-0.39, 0.29) is 28.8 Å². The standard InChI is InChI=1S/C20H14ClF3N2O6S/c1-10(2)30-15-5-3-11(9-14(15)21)19-25-18(26-31-19)13-4-6-16(17-12(13)7-8-29-17)32-33(27,28)20(22,23)24/h3-10H,1-2H3. The van der Waals surface area contributed by atoms with Crippen molar-refractivity contribution < 1.29 is 39.4 Å². The molecule has 0 unspecified atom stereocenters. The van der Waals surface area contributed by atoms with Crippen molar-refractivity contribution in [2.45, 2.75) is 25.5 Å². The van der Waals surface area contributed by atoms with Crippen molar-refractivity contribution in [2.75, 3.05) is 0 Å². The van der Waals surface area contributed by atoms with Crippen LogP contribution in [-0.2, 0) is 10.1 Å². The molecule has 33 heavy (non-hydrogen) atoms. The summed E-state index contributed by atoms with van der Waals surface area (Å²) in [7, 11) is -5.88. The molecule has 0 atom stereocenters. The minimum Gasteiger partial charge on any atom is -0.489 e. The van der Waals surface area contributed by atoms with Crippen molar-refractivity contribution in [2.24, 2.45) is 0 Å². The maximum Gasteiger partial charge on any atom is 0.534 e. The van der Waals surface area contributed by atoms with Crippen LogP contribution in [0.15, 0.2) is 51.6 Å². The highest BCUT2D eigenvalue weighted by molar-refractivity contribution is 7.88. The van der Waals surface area contributed by atoms with Gasteiger partial charge in [-0.15, -0.1) is 0 Å². The van der Waals surface area contributed by atoms with Gasteiger partial charge in [-0.1, -0.05) is 16.8 Å². The van der Waals surface area contributed by atoms with Gasteiger partial charge in [0.1, 0.15) is 5.75 Å². The van der Waals surface area contributed by atoms with E-state index in [2.05, 4.69) is 14.3 Å². The third-order valence-electron chi connectivity index (χ3n) is 4.27. The van der Waals surface area contributed by atoms with Gasteiger partial charge in [-0.05, 0) is 50.2 Å². The van der Waals surface area contributed by atoms with E-state index in [1.807, 2.05) is 13.8 Å². The number of furan rings is 1. The van der Waals surface area contributed by atoms with Gasteiger partial charge in [0.25, 0.3) is 5.89 Å². The molecule has 0 spiro atoms. The van der Waals surface area contributed by atoms with Crippen molar-refractivity contribution in [3.05, 3.63) is 47.7 Å². The molecule has 0 aliphatic rings. The van der Waals surface area contributed by atoms with Gasteiger partial charge < -0.3 is 17.9 Å². The summed E-state index contributed by atoms with van der Waals surface area (Å²) in [4.78, 5) is 4.30. The number of nitrogens with zero attached hydrogens (tertiary/aromatic N) is 2. The van der Waals surface area contributed by atoms with E-state index in [0.29, 0.717) is 21.9 Å². The number of aromatic nitrogens is 2. The Bertz CT molecular complexity index is 1430. The number of halogens is 4. The first-order valence-corrected chi connectivity index (χ1v) is 11.1. The minimum atomic E-state index is -5.88. The molecule has 13 heteroatoms. The molecular formula is C20H14ClF3N2O6S. The lowest BCUT2D eigenvalue weighted by Crippen LogP contribution is -2.28. The second-order valence-corrected chi connectivity index (χ2v) is 8.94. The lowest BCUT2D eigenvalue weighted by molar-refractivity contribution is -0.0499. The van der Waals surface area contributed by atoms with Crippen molar-refractivity contribution in [1.82, 2.24) is 10.1 Å². The van der Waals surface area contributed by atoms with Crippen molar-refractivity contribution in [3.63, 3.8) is 0 Å². The van der Waals surface area contributed by atoms with Crippen LogP contribution in [-0.4, -0.2) is 30.2 Å².